The van der Waals surface area contributed by atoms with E-state index >= 15 is 0 Å². The zero-order valence-corrected chi connectivity index (χ0v) is 6.59. The number of rotatable bonds is 1. The molecule has 10 heavy (non-hydrogen) atoms. The lowest BCUT2D eigenvalue weighted by Crippen LogP contribution is -1.78. The van der Waals surface area contributed by atoms with Crippen LogP contribution < -0.4 is 0 Å². The van der Waals surface area contributed by atoms with Gasteiger partial charge in [-0.15, -0.1) is 0 Å². The smallest absolute Gasteiger partial charge is 0.00921 e. The van der Waals surface area contributed by atoms with Gasteiger partial charge in [0.15, 0.2) is 0 Å². The molecule has 2 atom stereocenters. The van der Waals surface area contributed by atoms with Gasteiger partial charge in [-0.3, -0.25) is 0 Å². The molecule has 0 saturated heterocycles. The van der Waals surface area contributed by atoms with Crippen molar-refractivity contribution >= 4 is 12.6 Å². The van der Waals surface area contributed by atoms with E-state index in [-0.39, 0.29) is 0 Å². The van der Waals surface area contributed by atoms with Gasteiger partial charge >= 0.3 is 0 Å². The summed E-state index contributed by atoms with van der Waals surface area (Å²) in [6, 6.07) is 10.6. The van der Waals surface area contributed by atoms with Gasteiger partial charge in [-0.2, -0.15) is 12.6 Å². The third kappa shape index (κ3) is 1.06. The van der Waals surface area contributed by atoms with E-state index in [9.17, 15) is 0 Å². The first kappa shape index (κ1) is 6.29. The largest absolute Gasteiger partial charge is 0.175 e. The highest BCUT2D eigenvalue weighted by Gasteiger charge is 2.34. The summed E-state index contributed by atoms with van der Waals surface area (Å²) in [5, 5.41) is 0.627. The average molecular weight is 150 g/mol. The Labute approximate surface area is 66.7 Å². The molecule has 0 aliphatic heterocycles. The second-order valence-corrected chi connectivity index (χ2v) is 3.48. The molecule has 0 radical (unpaired) electrons. The van der Waals surface area contributed by atoms with Crippen LogP contribution in [0.2, 0.25) is 0 Å². The molecule has 0 nitrogen and oxygen atoms in total. The van der Waals surface area contributed by atoms with Crippen LogP contribution in [0.3, 0.4) is 0 Å². The van der Waals surface area contributed by atoms with Crippen molar-refractivity contribution in [1.82, 2.24) is 0 Å². The van der Waals surface area contributed by atoms with E-state index in [0.717, 1.165) is 5.92 Å². The van der Waals surface area contributed by atoms with Gasteiger partial charge in [-0.05, 0) is 17.9 Å². The van der Waals surface area contributed by atoms with Crippen molar-refractivity contribution in [2.24, 2.45) is 0 Å². The lowest BCUT2D eigenvalue weighted by atomic mass is 10.1. The third-order valence-corrected chi connectivity index (χ3v) is 2.56. The van der Waals surface area contributed by atoms with Gasteiger partial charge in [0.05, 0.1) is 0 Å². The minimum absolute atomic E-state index is 0.627. The summed E-state index contributed by atoms with van der Waals surface area (Å²) in [4.78, 5) is 0. The Balaban J connectivity index is 2.20. The summed E-state index contributed by atoms with van der Waals surface area (Å²) < 4.78 is 0. The minimum Gasteiger partial charge on any atom is -0.175 e. The van der Waals surface area contributed by atoms with Crippen molar-refractivity contribution in [2.45, 2.75) is 17.6 Å². The minimum atomic E-state index is 0.627. The molecule has 1 unspecified atom stereocenters. The second kappa shape index (κ2) is 2.31. The van der Waals surface area contributed by atoms with Crippen LogP contribution in [0, 0.1) is 0 Å². The van der Waals surface area contributed by atoms with Crippen LogP contribution in [-0.4, -0.2) is 5.25 Å². The summed E-state index contributed by atoms with van der Waals surface area (Å²) in [5.41, 5.74) is 1.45. The standard InChI is InChI=1S/C9H10S/c10-9-6-8(9)7-4-2-1-3-5-7/h1-5,8-10H,6H2/t8-,9?/m1/s1. The van der Waals surface area contributed by atoms with Gasteiger partial charge in [0, 0.05) is 5.25 Å². The summed E-state index contributed by atoms with van der Waals surface area (Å²) in [6.45, 7) is 0. The third-order valence-electron chi connectivity index (χ3n) is 1.98. The predicted molar refractivity (Wildman–Crippen MR) is 46.6 cm³/mol. The maximum Gasteiger partial charge on any atom is 0.00921 e. The Morgan fingerprint density at radius 3 is 2.30 bits per heavy atom. The molecule has 52 valence electrons. The second-order valence-electron chi connectivity index (χ2n) is 2.82. The molecule has 1 heteroatoms. The Morgan fingerprint density at radius 1 is 1.20 bits per heavy atom. The van der Waals surface area contributed by atoms with E-state index in [1.165, 1.54) is 12.0 Å². The van der Waals surface area contributed by atoms with Gasteiger partial charge in [0.2, 0.25) is 0 Å². The first-order valence-electron chi connectivity index (χ1n) is 3.61. The average Bonchev–Trinajstić information content (AvgIpc) is 2.69. The molecule has 0 amide bonds. The van der Waals surface area contributed by atoms with Crippen molar-refractivity contribution in [2.75, 3.05) is 0 Å². The first-order valence-corrected chi connectivity index (χ1v) is 4.12. The molecule has 0 N–H and O–H groups in total. The molecule has 0 spiro atoms. The maximum atomic E-state index is 4.38. The van der Waals surface area contributed by atoms with E-state index in [0.29, 0.717) is 5.25 Å². The van der Waals surface area contributed by atoms with Crippen LogP contribution in [0.15, 0.2) is 30.3 Å². The topological polar surface area (TPSA) is 0 Å². The molecule has 1 aliphatic rings. The van der Waals surface area contributed by atoms with Crippen LogP contribution in [0.1, 0.15) is 17.9 Å². The Morgan fingerprint density at radius 2 is 1.80 bits per heavy atom. The molecular weight excluding hydrogens is 140 g/mol. The van der Waals surface area contributed by atoms with Crippen LogP contribution >= 0.6 is 12.6 Å². The quantitative estimate of drug-likeness (QED) is 0.584. The summed E-state index contributed by atoms with van der Waals surface area (Å²) in [7, 11) is 0. The monoisotopic (exact) mass is 150 g/mol. The lowest BCUT2D eigenvalue weighted by molar-refractivity contribution is 1.14. The van der Waals surface area contributed by atoms with Gasteiger partial charge in [-0.25, -0.2) is 0 Å². The SMILES string of the molecule is SC1C[C@@H]1c1ccccc1. The first-order chi connectivity index (χ1) is 4.88. The van der Waals surface area contributed by atoms with Gasteiger partial charge in [-0.1, -0.05) is 30.3 Å². The summed E-state index contributed by atoms with van der Waals surface area (Å²) in [6.07, 6.45) is 1.26. The molecule has 1 fully saturated rings. The summed E-state index contributed by atoms with van der Waals surface area (Å²) >= 11 is 4.38. The van der Waals surface area contributed by atoms with E-state index in [1.807, 2.05) is 0 Å². The fourth-order valence-corrected chi connectivity index (χ4v) is 1.64. The van der Waals surface area contributed by atoms with Gasteiger partial charge in [0.1, 0.15) is 0 Å². The van der Waals surface area contributed by atoms with Crippen molar-refractivity contribution in [1.29, 1.82) is 0 Å². The normalized spacial score (nSPS) is 30.1. The number of benzene rings is 1. The van der Waals surface area contributed by atoms with Crippen LogP contribution in [0.25, 0.3) is 0 Å². The molecular formula is C9H10S. The van der Waals surface area contributed by atoms with Crippen molar-refractivity contribution < 1.29 is 0 Å². The molecule has 0 bridgehead atoms. The van der Waals surface area contributed by atoms with E-state index in [2.05, 4.69) is 43.0 Å². The zero-order valence-electron chi connectivity index (χ0n) is 5.70. The number of hydrogen-bond donors (Lipinski definition) is 1. The van der Waals surface area contributed by atoms with Crippen molar-refractivity contribution in [3.8, 4) is 0 Å². The highest BCUT2D eigenvalue weighted by Crippen LogP contribution is 2.44. The van der Waals surface area contributed by atoms with Crippen LogP contribution in [0.4, 0.5) is 0 Å². The number of hydrogen-bond acceptors (Lipinski definition) is 1. The van der Waals surface area contributed by atoms with Crippen molar-refractivity contribution in [3.63, 3.8) is 0 Å². The van der Waals surface area contributed by atoms with Crippen molar-refractivity contribution in [3.05, 3.63) is 35.9 Å². The lowest BCUT2D eigenvalue weighted by Gasteiger charge is -1.94. The number of thiol groups is 1. The van der Waals surface area contributed by atoms with Crippen LogP contribution in [0.5, 0.6) is 0 Å². The molecule has 0 aromatic heterocycles. The maximum absolute atomic E-state index is 4.38. The predicted octanol–water partition coefficient (Wildman–Crippen LogP) is 2.47. The fourth-order valence-electron chi connectivity index (χ4n) is 1.24. The van der Waals surface area contributed by atoms with E-state index < -0.39 is 0 Å². The highest BCUT2D eigenvalue weighted by atomic mass is 32.1. The fraction of sp³-hybridized carbons (Fsp3) is 0.333. The molecule has 0 heterocycles. The zero-order chi connectivity index (χ0) is 6.97. The molecule has 1 aromatic rings. The van der Waals surface area contributed by atoms with Gasteiger partial charge < -0.3 is 0 Å². The molecule has 1 aromatic carbocycles. The Kier molecular flexibility index (Phi) is 1.46. The van der Waals surface area contributed by atoms with Crippen LogP contribution in [-0.2, 0) is 0 Å². The molecule has 1 saturated carbocycles. The summed E-state index contributed by atoms with van der Waals surface area (Å²) in [5.74, 6) is 0.740. The van der Waals surface area contributed by atoms with Gasteiger partial charge in [0.25, 0.3) is 0 Å². The van der Waals surface area contributed by atoms with E-state index in [1.54, 1.807) is 0 Å². The van der Waals surface area contributed by atoms with E-state index in [4.69, 9.17) is 0 Å². The molecule has 1 aliphatic carbocycles. The Bertz CT molecular complexity index is 217. The highest BCUT2D eigenvalue weighted by molar-refractivity contribution is 7.81. The Hall–Kier alpha value is -0.430. The molecule has 2 rings (SSSR count).